The molecule has 16 heavy (non-hydrogen) atoms. The van der Waals surface area contributed by atoms with Crippen LogP contribution in [0.5, 0.6) is 5.75 Å². The number of aromatic nitrogens is 3. The molecule has 2 rings (SSSR count). The second kappa shape index (κ2) is 4.94. The Bertz CT molecular complexity index is 500. The third kappa shape index (κ3) is 2.30. The molecule has 0 radical (unpaired) electrons. The first-order valence-corrected chi connectivity index (χ1v) is 5.57. The molecule has 2 aromatic rings. The van der Waals surface area contributed by atoms with Crippen molar-refractivity contribution in [2.75, 3.05) is 6.61 Å². The van der Waals surface area contributed by atoms with Crippen molar-refractivity contribution in [1.82, 2.24) is 14.8 Å². The Hall–Kier alpha value is -1.62. The van der Waals surface area contributed by atoms with E-state index in [0.29, 0.717) is 4.77 Å². The van der Waals surface area contributed by atoms with Crippen LogP contribution in [0.25, 0.3) is 5.69 Å². The van der Waals surface area contributed by atoms with E-state index in [9.17, 15) is 0 Å². The van der Waals surface area contributed by atoms with Crippen molar-refractivity contribution in [3.05, 3.63) is 35.4 Å². The van der Waals surface area contributed by atoms with E-state index < -0.39 is 0 Å². The van der Waals surface area contributed by atoms with Crippen LogP contribution in [0, 0.1) is 4.77 Å². The summed E-state index contributed by atoms with van der Waals surface area (Å²) in [5, 5.41) is 6.59. The highest BCUT2D eigenvalue weighted by Crippen LogP contribution is 2.15. The number of hydrogen-bond acceptors (Lipinski definition) is 3. The number of hydrogen-bond donors (Lipinski definition) is 1. The topological polar surface area (TPSA) is 42.8 Å². The van der Waals surface area contributed by atoms with Gasteiger partial charge in [-0.25, -0.2) is 0 Å². The number of nitrogens with zero attached hydrogens (tertiary/aromatic N) is 2. The monoisotopic (exact) mass is 235 g/mol. The zero-order valence-electron chi connectivity index (χ0n) is 9.01. The molecular weight excluding hydrogens is 222 g/mol. The van der Waals surface area contributed by atoms with Gasteiger partial charge in [0.05, 0.1) is 6.61 Å². The van der Waals surface area contributed by atoms with Crippen LogP contribution in [0.3, 0.4) is 0 Å². The number of benzene rings is 1. The van der Waals surface area contributed by atoms with Gasteiger partial charge in [-0.3, -0.25) is 9.67 Å². The SMILES string of the molecule is CCCOc1ccc(-n2cn[nH]c2=S)cc1. The summed E-state index contributed by atoms with van der Waals surface area (Å²) in [6.45, 7) is 2.82. The lowest BCUT2D eigenvalue weighted by Gasteiger charge is -2.05. The lowest BCUT2D eigenvalue weighted by Crippen LogP contribution is -1.96. The van der Waals surface area contributed by atoms with Gasteiger partial charge in [-0.05, 0) is 42.9 Å². The predicted molar refractivity (Wildman–Crippen MR) is 64.5 cm³/mol. The summed E-state index contributed by atoms with van der Waals surface area (Å²) in [6.07, 6.45) is 2.67. The maximum atomic E-state index is 5.50. The highest BCUT2D eigenvalue weighted by Gasteiger charge is 1.98. The summed E-state index contributed by atoms with van der Waals surface area (Å²) in [5.74, 6) is 0.876. The zero-order valence-corrected chi connectivity index (χ0v) is 9.83. The molecule has 0 amide bonds. The Morgan fingerprint density at radius 2 is 2.12 bits per heavy atom. The molecule has 1 heterocycles. The van der Waals surface area contributed by atoms with Crippen molar-refractivity contribution in [2.45, 2.75) is 13.3 Å². The third-order valence-electron chi connectivity index (χ3n) is 2.14. The normalized spacial score (nSPS) is 10.3. The minimum atomic E-state index is 0.585. The van der Waals surface area contributed by atoms with E-state index in [1.54, 1.807) is 10.9 Å². The van der Waals surface area contributed by atoms with Gasteiger partial charge in [0.2, 0.25) is 0 Å². The van der Waals surface area contributed by atoms with Crippen molar-refractivity contribution in [1.29, 1.82) is 0 Å². The second-order valence-corrected chi connectivity index (χ2v) is 3.76. The predicted octanol–water partition coefficient (Wildman–Crippen LogP) is 2.72. The van der Waals surface area contributed by atoms with E-state index in [0.717, 1.165) is 24.5 Å². The van der Waals surface area contributed by atoms with Crippen molar-refractivity contribution in [2.24, 2.45) is 0 Å². The minimum Gasteiger partial charge on any atom is -0.494 e. The maximum Gasteiger partial charge on any atom is 0.199 e. The fraction of sp³-hybridized carbons (Fsp3) is 0.273. The first-order chi connectivity index (χ1) is 7.81. The second-order valence-electron chi connectivity index (χ2n) is 3.37. The Balaban J connectivity index is 2.20. The lowest BCUT2D eigenvalue weighted by atomic mass is 10.3. The van der Waals surface area contributed by atoms with E-state index in [2.05, 4.69) is 17.1 Å². The third-order valence-corrected chi connectivity index (χ3v) is 2.43. The van der Waals surface area contributed by atoms with Crippen LogP contribution < -0.4 is 4.74 Å². The maximum absolute atomic E-state index is 5.50. The summed E-state index contributed by atoms with van der Waals surface area (Å²) in [7, 11) is 0. The summed E-state index contributed by atoms with van der Waals surface area (Å²) < 4.78 is 7.89. The number of rotatable bonds is 4. The first kappa shape index (κ1) is 10.9. The molecule has 0 fully saturated rings. The van der Waals surface area contributed by atoms with Crippen molar-refractivity contribution < 1.29 is 4.74 Å². The summed E-state index contributed by atoms with van der Waals surface area (Å²) in [4.78, 5) is 0. The van der Waals surface area contributed by atoms with Gasteiger partial charge >= 0.3 is 0 Å². The van der Waals surface area contributed by atoms with E-state index in [4.69, 9.17) is 17.0 Å². The average Bonchev–Trinajstić information content (AvgIpc) is 2.74. The fourth-order valence-electron chi connectivity index (χ4n) is 1.35. The van der Waals surface area contributed by atoms with Crippen molar-refractivity contribution in [3.8, 4) is 11.4 Å². The van der Waals surface area contributed by atoms with Gasteiger partial charge < -0.3 is 4.74 Å². The molecule has 0 aliphatic heterocycles. The Morgan fingerprint density at radius 1 is 1.38 bits per heavy atom. The molecule has 0 spiro atoms. The van der Waals surface area contributed by atoms with Gasteiger partial charge in [-0.1, -0.05) is 6.92 Å². The molecule has 0 unspecified atom stereocenters. The van der Waals surface area contributed by atoms with Crippen molar-refractivity contribution in [3.63, 3.8) is 0 Å². The van der Waals surface area contributed by atoms with Crippen LogP contribution in [-0.2, 0) is 0 Å². The fourth-order valence-corrected chi connectivity index (χ4v) is 1.56. The summed E-state index contributed by atoms with van der Waals surface area (Å²) in [6, 6.07) is 7.77. The standard InChI is InChI=1S/C11H13N3OS/c1-2-7-15-10-5-3-9(4-6-10)14-8-12-13-11(14)16/h3-6,8H,2,7H2,1H3,(H,13,16). The number of ether oxygens (including phenoxy) is 1. The first-order valence-electron chi connectivity index (χ1n) is 5.16. The lowest BCUT2D eigenvalue weighted by molar-refractivity contribution is 0.317. The molecule has 1 aromatic heterocycles. The van der Waals surface area contributed by atoms with Gasteiger partial charge in [-0.15, -0.1) is 0 Å². The number of aromatic amines is 1. The van der Waals surface area contributed by atoms with Crippen LogP contribution >= 0.6 is 12.2 Å². The highest BCUT2D eigenvalue weighted by molar-refractivity contribution is 7.71. The molecule has 1 aromatic carbocycles. The summed E-state index contributed by atoms with van der Waals surface area (Å²) in [5.41, 5.74) is 0.975. The summed E-state index contributed by atoms with van der Waals surface area (Å²) >= 11 is 5.08. The number of H-pyrrole nitrogens is 1. The van der Waals surface area contributed by atoms with Crippen LogP contribution in [0.2, 0.25) is 0 Å². The zero-order chi connectivity index (χ0) is 11.4. The molecule has 5 heteroatoms. The Kier molecular flexibility index (Phi) is 3.36. The average molecular weight is 235 g/mol. The smallest absolute Gasteiger partial charge is 0.199 e. The molecule has 4 nitrogen and oxygen atoms in total. The molecule has 0 atom stereocenters. The molecule has 0 saturated carbocycles. The van der Waals surface area contributed by atoms with Crippen LogP contribution in [0.15, 0.2) is 30.6 Å². The van der Waals surface area contributed by atoms with Crippen LogP contribution in [0.4, 0.5) is 0 Å². The van der Waals surface area contributed by atoms with Crippen molar-refractivity contribution >= 4 is 12.2 Å². The molecule has 0 bridgehead atoms. The molecule has 0 aliphatic rings. The molecule has 0 aliphatic carbocycles. The van der Waals surface area contributed by atoms with E-state index in [1.165, 1.54) is 0 Å². The minimum absolute atomic E-state index is 0.585. The van der Waals surface area contributed by atoms with Crippen LogP contribution in [-0.4, -0.2) is 21.4 Å². The molecule has 84 valence electrons. The van der Waals surface area contributed by atoms with Gasteiger partial charge in [0.25, 0.3) is 0 Å². The van der Waals surface area contributed by atoms with Gasteiger partial charge in [0.15, 0.2) is 4.77 Å². The largest absolute Gasteiger partial charge is 0.494 e. The molecule has 0 saturated heterocycles. The Labute approximate surface area is 98.9 Å². The Morgan fingerprint density at radius 3 is 2.69 bits per heavy atom. The highest BCUT2D eigenvalue weighted by atomic mass is 32.1. The van der Waals surface area contributed by atoms with E-state index in [-0.39, 0.29) is 0 Å². The van der Waals surface area contributed by atoms with E-state index >= 15 is 0 Å². The molecule has 1 N–H and O–H groups in total. The molecular formula is C11H13N3OS. The van der Waals surface area contributed by atoms with Gasteiger partial charge in [-0.2, -0.15) is 5.10 Å². The van der Waals surface area contributed by atoms with Crippen LogP contribution in [0.1, 0.15) is 13.3 Å². The number of nitrogens with one attached hydrogen (secondary N) is 1. The van der Waals surface area contributed by atoms with E-state index in [1.807, 2.05) is 24.3 Å². The quantitative estimate of drug-likeness (QED) is 0.828. The van der Waals surface area contributed by atoms with Gasteiger partial charge in [0.1, 0.15) is 12.1 Å². The van der Waals surface area contributed by atoms with Gasteiger partial charge in [0, 0.05) is 5.69 Å².